The first-order chi connectivity index (χ1) is 13.5. The predicted molar refractivity (Wildman–Crippen MR) is 106 cm³/mol. The van der Waals surface area contributed by atoms with Crippen LogP contribution < -0.4 is 0 Å². The van der Waals surface area contributed by atoms with Crippen LogP contribution in [0.25, 0.3) is 0 Å². The van der Waals surface area contributed by atoms with Crippen LogP contribution in [0.5, 0.6) is 0 Å². The number of esters is 4. The summed E-state index contributed by atoms with van der Waals surface area (Å²) in [4.78, 5) is 46.6. The van der Waals surface area contributed by atoms with Gasteiger partial charge in [-0.2, -0.15) is 0 Å². The molecule has 0 saturated carbocycles. The summed E-state index contributed by atoms with van der Waals surface area (Å²) in [5.74, 6) is -2.14. The Morgan fingerprint density at radius 2 is 1.31 bits per heavy atom. The van der Waals surface area contributed by atoms with E-state index in [0.29, 0.717) is 5.75 Å². The Morgan fingerprint density at radius 3 is 1.79 bits per heavy atom. The molecule has 29 heavy (non-hydrogen) atoms. The summed E-state index contributed by atoms with van der Waals surface area (Å²) >= 11 is -1.15. The molecule has 0 aromatic rings. The summed E-state index contributed by atoms with van der Waals surface area (Å²) < 4.78 is 27.1. The summed E-state index contributed by atoms with van der Waals surface area (Å²) in [5.41, 5.74) is 2.21. The summed E-state index contributed by atoms with van der Waals surface area (Å²) in [6, 6.07) is 0. The fourth-order valence-electron chi connectivity index (χ4n) is 2.83. The van der Waals surface area contributed by atoms with E-state index >= 15 is 0 Å². The molecule has 1 fully saturated rings. The minimum absolute atomic E-state index is 0.455. The number of carbonyl (C=O) groups is 4. The second-order valence-electron chi connectivity index (χ2n) is 6.52. The number of rotatable bonds is 9. The molecule has 1 rings (SSSR count). The van der Waals surface area contributed by atoms with Crippen LogP contribution in [0.4, 0.5) is 0 Å². The molecule has 0 bridgehead atoms. The molecule has 0 spiro atoms. The van der Waals surface area contributed by atoms with Gasteiger partial charge in [0.1, 0.15) is 0 Å². The van der Waals surface area contributed by atoms with Gasteiger partial charge in [0, 0.05) is 0 Å². The second kappa shape index (κ2) is 12.4. The Kier molecular flexibility index (Phi) is 11.1. The molecule has 1 heterocycles. The van der Waals surface area contributed by atoms with Gasteiger partial charge in [-0.15, -0.1) is 0 Å². The first-order valence-electron chi connectivity index (χ1n) is 9.23. The third-order valence-corrected chi connectivity index (χ3v) is 11.6. The van der Waals surface area contributed by atoms with E-state index in [1.165, 1.54) is 20.8 Å². The van der Waals surface area contributed by atoms with Crippen molar-refractivity contribution in [1.82, 2.24) is 0 Å². The standard InChI is InChI=1S/C18H29AsO9S/c1-7-8-19(6)29-9-14-15(24-10(2)20)16(25-11(3)21)17(26-12(4)22)18(28-14)27-13(5)23/h14-18H,7-9H2,1-6H3. The Balaban J connectivity index is 3.23. The van der Waals surface area contributed by atoms with Crippen molar-refractivity contribution in [3.8, 4) is 0 Å². The van der Waals surface area contributed by atoms with Crippen molar-refractivity contribution < 1.29 is 42.9 Å². The molecule has 0 aromatic heterocycles. The van der Waals surface area contributed by atoms with Gasteiger partial charge in [0.25, 0.3) is 0 Å². The van der Waals surface area contributed by atoms with Crippen LogP contribution in [0.15, 0.2) is 0 Å². The van der Waals surface area contributed by atoms with Crippen LogP contribution in [0.2, 0.25) is 10.9 Å². The van der Waals surface area contributed by atoms with Gasteiger partial charge in [0.2, 0.25) is 0 Å². The molecule has 1 aliphatic heterocycles. The van der Waals surface area contributed by atoms with Gasteiger partial charge in [-0.3, -0.25) is 0 Å². The number of hydrogen-bond acceptors (Lipinski definition) is 10. The van der Waals surface area contributed by atoms with Crippen molar-refractivity contribution in [2.24, 2.45) is 0 Å². The van der Waals surface area contributed by atoms with E-state index in [-0.39, 0.29) is 0 Å². The van der Waals surface area contributed by atoms with E-state index in [4.69, 9.17) is 23.7 Å². The maximum absolute atomic E-state index is 11.7. The molecule has 0 N–H and O–H groups in total. The zero-order valence-electron chi connectivity index (χ0n) is 17.5. The first kappa shape index (κ1) is 25.8. The molecule has 0 radical (unpaired) electrons. The molecule has 9 nitrogen and oxygen atoms in total. The van der Waals surface area contributed by atoms with Gasteiger partial charge >= 0.3 is 179 Å². The fraction of sp³-hybridized carbons (Fsp3) is 0.778. The zero-order chi connectivity index (χ0) is 22.1. The molecular weight excluding hydrogens is 467 g/mol. The van der Waals surface area contributed by atoms with Gasteiger partial charge in [-0.05, 0) is 0 Å². The van der Waals surface area contributed by atoms with Crippen molar-refractivity contribution in [3.05, 3.63) is 0 Å². The van der Waals surface area contributed by atoms with Crippen LogP contribution in [0.3, 0.4) is 0 Å². The second-order valence-corrected chi connectivity index (χ2v) is 15.6. The van der Waals surface area contributed by atoms with Crippen LogP contribution in [0, 0.1) is 0 Å². The van der Waals surface area contributed by atoms with Gasteiger partial charge < -0.3 is 0 Å². The van der Waals surface area contributed by atoms with Crippen molar-refractivity contribution in [3.63, 3.8) is 0 Å². The normalized spacial score (nSPS) is 27.4. The van der Waals surface area contributed by atoms with Gasteiger partial charge in [0.05, 0.1) is 0 Å². The molecule has 1 aliphatic rings. The topological polar surface area (TPSA) is 114 Å². The van der Waals surface area contributed by atoms with E-state index in [2.05, 4.69) is 12.6 Å². The quantitative estimate of drug-likeness (QED) is 0.266. The van der Waals surface area contributed by atoms with E-state index in [1.54, 1.807) is 10.0 Å². The molecule has 6 unspecified atom stereocenters. The molecule has 0 aliphatic carbocycles. The molecule has 6 atom stereocenters. The minimum atomic E-state index is -1.29. The summed E-state index contributed by atoms with van der Waals surface area (Å²) in [7, 11) is 1.74. The predicted octanol–water partition coefficient (Wildman–Crippen LogP) is 1.83. The maximum atomic E-state index is 11.7. The molecule has 0 amide bonds. The molecule has 0 aromatic carbocycles. The monoisotopic (exact) mass is 496 g/mol. The van der Waals surface area contributed by atoms with Crippen molar-refractivity contribution in [2.45, 2.75) is 82.7 Å². The van der Waals surface area contributed by atoms with Crippen LogP contribution in [-0.2, 0) is 42.9 Å². The third-order valence-electron chi connectivity index (χ3n) is 3.78. The fourth-order valence-corrected chi connectivity index (χ4v) is 9.24. The Bertz CT molecular complexity index is 600. The number of ether oxygens (including phenoxy) is 5. The summed E-state index contributed by atoms with van der Waals surface area (Å²) in [6.45, 7) is 6.88. The van der Waals surface area contributed by atoms with E-state index in [1.807, 2.05) is 0 Å². The molecule has 11 heteroatoms. The van der Waals surface area contributed by atoms with E-state index in [0.717, 1.165) is 18.6 Å². The summed E-state index contributed by atoms with van der Waals surface area (Å²) in [6.07, 6.45) is -4.38. The average molecular weight is 496 g/mol. The zero-order valence-corrected chi connectivity index (χ0v) is 20.2. The Hall–Kier alpha value is -1.25. The van der Waals surface area contributed by atoms with Crippen LogP contribution in [0.1, 0.15) is 41.0 Å². The molecule has 1 saturated heterocycles. The number of hydrogen-bond donors (Lipinski definition) is 0. The van der Waals surface area contributed by atoms with Crippen molar-refractivity contribution in [1.29, 1.82) is 0 Å². The van der Waals surface area contributed by atoms with Gasteiger partial charge in [0.15, 0.2) is 0 Å². The van der Waals surface area contributed by atoms with Crippen LogP contribution >= 0.6 is 10.0 Å². The summed E-state index contributed by atoms with van der Waals surface area (Å²) in [5, 5.41) is 1.12. The Morgan fingerprint density at radius 1 is 0.828 bits per heavy atom. The average Bonchev–Trinajstić information content (AvgIpc) is 2.57. The van der Waals surface area contributed by atoms with Crippen molar-refractivity contribution >= 4 is 47.4 Å². The van der Waals surface area contributed by atoms with Crippen molar-refractivity contribution in [2.75, 3.05) is 5.75 Å². The molecular formula is C18H29AsO9S. The van der Waals surface area contributed by atoms with Gasteiger partial charge in [-0.25, -0.2) is 0 Å². The van der Waals surface area contributed by atoms with Crippen LogP contribution in [-0.4, -0.2) is 73.8 Å². The van der Waals surface area contributed by atoms with E-state index < -0.39 is 68.1 Å². The number of carbonyl (C=O) groups excluding carboxylic acids is 4. The van der Waals surface area contributed by atoms with E-state index in [9.17, 15) is 19.2 Å². The SMILES string of the molecule is CCC[As](C)SCC1OC(OC(C)=O)C(OC(C)=O)C(OC(C)=O)C1OC(C)=O. The van der Waals surface area contributed by atoms with Gasteiger partial charge in [-0.1, -0.05) is 0 Å². The Labute approximate surface area is 178 Å². The third kappa shape index (κ3) is 8.97. The first-order valence-corrected chi connectivity index (χ1v) is 15.7. The molecule has 166 valence electrons.